The summed E-state index contributed by atoms with van der Waals surface area (Å²) in [4.78, 5) is 9.91. The molecule has 0 aromatic carbocycles. The van der Waals surface area contributed by atoms with Crippen LogP contribution in [0.15, 0.2) is 0 Å². The monoisotopic (exact) mass is 154 g/mol. The summed E-state index contributed by atoms with van der Waals surface area (Å²) in [6.45, 7) is 0.327. The predicted molar refractivity (Wildman–Crippen MR) is 36.5 cm³/mol. The zero-order chi connectivity index (χ0) is 6.57. The summed E-state index contributed by atoms with van der Waals surface area (Å²) in [5, 5.41) is 8.13. The van der Waals surface area contributed by atoms with E-state index in [0.717, 1.165) is 0 Å². The largest absolute Gasteiger partial charge is 0.480 e. The number of hydrogen-bond donors (Lipinski definition) is 3. The van der Waals surface area contributed by atoms with Crippen molar-refractivity contribution in [1.82, 2.24) is 0 Å². The highest BCUT2D eigenvalue weighted by Gasteiger charge is 2.07. The van der Waals surface area contributed by atoms with Gasteiger partial charge in [-0.15, -0.1) is 12.4 Å². The van der Waals surface area contributed by atoms with Crippen molar-refractivity contribution in [2.24, 2.45) is 11.5 Å². The zero-order valence-corrected chi connectivity index (χ0v) is 5.73. The Morgan fingerprint density at radius 1 is 1.67 bits per heavy atom. The van der Waals surface area contributed by atoms with Crippen molar-refractivity contribution in [3.8, 4) is 0 Å². The third-order valence-electron chi connectivity index (χ3n) is 0.795. The highest BCUT2D eigenvalue weighted by atomic mass is 35.5. The minimum Gasteiger partial charge on any atom is -0.480 e. The van der Waals surface area contributed by atoms with Crippen molar-refractivity contribution in [2.75, 3.05) is 6.54 Å². The van der Waals surface area contributed by atoms with Crippen LogP contribution in [-0.4, -0.2) is 23.7 Å². The van der Waals surface area contributed by atoms with E-state index >= 15 is 0 Å². The molecule has 0 spiro atoms. The quantitative estimate of drug-likeness (QED) is 0.495. The smallest absolute Gasteiger partial charge is 0.320 e. The van der Waals surface area contributed by atoms with Crippen LogP contribution in [0.5, 0.6) is 0 Å². The van der Waals surface area contributed by atoms with E-state index in [4.69, 9.17) is 16.6 Å². The van der Waals surface area contributed by atoms with Crippen LogP contribution in [0.3, 0.4) is 0 Å². The predicted octanol–water partition coefficient (Wildman–Crippen LogP) is -0.831. The van der Waals surface area contributed by atoms with Crippen LogP contribution in [0, 0.1) is 0 Å². The number of carbonyl (C=O) groups is 1. The molecule has 0 rings (SSSR count). The third kappa shape index (κ3) is 5.55. The molecule has 0 amide bonds. The second-order valence-corrected chi connectivity index (χ2v) is 1.52. The van der Waals surface area contributed by atoms with Gasteiger partial charge in [-0.3, -0.25) is 4.79 Å². The van der Waals surface area contributed by atoms with Crippen LogP contribution in [0.1, 0.15) is 6.42 Å². The molecule has 0 fully saturated rings. The van der Waals surface area contributed by atoms with Crippen molar-refractivity contribution in [2.45, 2.75) is 12.5 Å². The molecular weight excluding hydrogens is 144 g/mol. The standard InChI is InChI=1S/C4H10N2O2.ClH/c5-2-1-3(6)4(7)8;/h3H,1-2,5-6H2,(H,7,8);1H/t3-;/m0./s1. The number of halogens is 1. The van der Waals surface area contributed by atoms with Gasteiger partial charge >= 0.3 is 5.97 Å². The molecule has 0 unspecified atom stereocenters. The molecule has 1 atom stereocenters. The van der Waals surface area contributed by atoms with Gasteiger partial charge in [-0.05, 0) is 13.0 Å². The fourth-order valence-corrected chi connectivity index (χ4v) is 0.303. The highest BCUT2D eigenvalue weighted by Crippen LogP contribution is 1.82. The molecule has 0 aromatic heterocycles. The van der Waals surface area contributed by atoms with Crippen LogP contribution in [-0.2, 0) is 4.79 Å². The fraction of sp³-hybridized carbons (Fsp3) is 0.750. The highest BCUT2D eigenvalue weighted by molar-refractivity contribution is 5.85. The Hall–Kier alpha value is -0.320. The molecule has 0 heterocycles. The van der Waals surface area contributed by atoms with E-state index in [-0.39, 0.29) is 12.4 Å². The molecule has 0 bridgehead atoms. The van der Waals surface area contributed by atoms with Gasteiger partial charge in [-0.2, -0.15) is 0 Å². The van der Waals surface area contributed by atoms with Gasteiger partial charge in [0.1, 0.15) is 6.04 Å². The van der Waals surface area contributed by atoms with E-state index < -0.39 is 12.0 Å². The summed E-state index contributed by atoms with van der Waals surface area (Å²) in [7, 11) is 0. The molecule has 56 valence electrons. The summed E-state index contributed by atoms with van der Waals surface area (Å²) in [6, 6.07) is -0.792. The molecule has 5 heteroatoms. The Balaban J connectivity index is 0. The van der Waals surface area contributed by atoms with E-state index in [0.29, 0.717) is 13.0 Å². The first-order valence-corrected chi connectivity index (χ1v) is 2.37. The van der Waals surface area contributed by atoms with Gasteiger partial charge in [0.05, 0.1) is 0 Å². The average Bonchev–Trinajstić information content (AvgIpc) is 1.67. The van der Waals surface area contributed by atoms with Crippen LogP contribution >= 0.6 is 12.4 Å². The van der Waals surface area contributed by atoms with Crippen LogP contribution in [0.4, 0.5) is 0 Å². The van der Waals surface area contributed by atoms with Gasteiger partial charge in [0.2, 0.25) is 0 Å². The summed E-state index contributed by atoms with van der Waals surface area (Å²) >= 11 is 0. The summed E-state index contributed by atoms with van der Waals surface area (Å²) in [5.41, 5.74) is 10.1. The molecule has 0 saturated carbocycles. The van der Waals surface area contributed by atoms with Crippen molar-refractivity contribution < 1.29 is 9.90 Å². The first kappa shape index (κ1) is 11.5. The van der Waals surface area contributed by atoms with E-state index in [9.17, 15) is 4.79 Å². The molecule has 0 aliphatic rings. The Morgan fingerprint density at radius 3 is 2.22 bits per heavy atom. The Kier molecular flexibility index (Phi) is 7.41. The van der Waals surface area contributed by atoms with Gasteiger partial charge < -0.3 is 16.6 Å². The molecular formula is C4H11ClN2O2. The van der Waals surface area contributed by atoms with Crippen LogP contribution in [0.25, 0.3) is 0 Å². The van der Waals surface area contributed by atoms with Crippen molar-refractivity contribution in [1.29, 1.82) is 0 Å². The van der Waals surface area contributed by atoms with Crippen molar-refractivity contribution >= 4 is 18.4 Å². The molecule has 4 nitrogen and oxygen atoms in total. The molecule has 0 aliphatic heterocycles. The number of nitrogens with two attached hydrogens (primary N) is 2. The van der Waals surface area contributed by atoms with Gasteiger partial charge in [0, 0.05) is 0 Å². The molecule has 9 heavy (non-hydrogen) atoms. The third-order valence-corrected chi connectivity index (χ3v) is 0.795. The lowest BCUT2D eigenvalue weighted by Gasteiger charge is -2.00. The van der Waals surface area contributed by atoms with E-state index in [1.165, 1.54) is 0 Å². The maximum atomic E-state index is 9.91. The normalized spacial score (nSPS) is 11.8. The Morgan fingerprint density at radius 2 is 2.11 bits per heavy atom. The van der Waals surface area contributed by atoms with Gasteiger partial charge in [-0.25, -0.2) is 0 Å². The van der Waals surface area contributed by atoms with Crippen molar-refractivity contribution in [3.05, 3.63) is 0 Å². The minimum absolute atomic E-state index is 0. The van der Waals surface area contributed by atoms with Gasteiger partial charge in [0.25, 0.3) is 0 Å². The number of hydrogen-bond acceptors (Lipinski definition) is 3. The molecule has 0 aromatic rings. The molecule has 5 N–H and O–H groups in total. The minimum atomic E-state index is -0.990. The lowest BCUT2D eigenvalue weighted by Crippen LogP contribution is -2.32. The van der Waals surface area contributed by atoms with E-state index in [1.807, 2.05) is 0 Å². The topological polar surface area (TPSA) is 89.3 Å². The molecule has 0 saturated heterocycles. The van der Waals surface area contributed by atoms with Crippen LogP contribution in [0.2, 0.25) is 0 Å². The average molecular weight is 155 g/mol. The number of aliphatic carboxylic acids is 1. The number of rotatable bonds is 3. The molecule has 0 aliphatic carbocycles. The number of carboxylic acids is 1. The van der Waals surface area contributed by atoms with Crippen molar-refractivity contribution in [3.63, 3.8) is 0 Å². The van der Waals surface area contributed by atoms with E-state index in [2.05, 4.69) is 0 Å². The summed E-state index contributed by atoms with van der Waals surface area (Å²) in [5.74, 6) is -0.990. The first-order chi connectivity index (χ1) is 3.68. The Bertz CT molecular complexity index is 88.6. The maximum Gasteiger partial charge on any atom is 0.320 e. The lowest BCUT2D eigenvalue weighted by atomic mass is 10.2. The first-order valence-electron chi connectivity index (χ1n) is 2.37. The Labute approximate surface area is 59.6 Å². The SMILES string of the molecule is Cl.NCC[C@H](N)C(=O)O. The fourth-order valence-electron chi connectivity index (χ4n) is 0.303. The second-order valence-electron chi connectivity index (χ2n) is 1.52. The summed E-state index contributed by atoms with van der Waals surface area (Å²) < 4.78 is 0. The second kappa shape index (κ2) is 5.81. The van der Waals surface area contributed by atoms with Crippen LogP contribution < -0.4 is 11.5 Å². The van der Waals surface area contributed by atoms with E-state index in [1.54, 1.807) is 0 Å². The van der Waals surface area contributed by atoms with Gasteiger partial charge in [0.15, 0.2) is 0 Å². The number of carboxylic acid groups (broad SMARTS) is 1. The zero-order valence-electron chi connectivity index (χ0n) is 4.91. The van der Waals surface area contributed by atoms with Gasteiger partial charge in [-0.1, -0.05) is 0 Å². The lowest BCUT2D eigenvalue weighted by molar-refractivity contribution is -0.138. The molecule has 0 radical (unpaired) electrons. The summed E-state index contributed by atoms with van der Waals surface area (Å²) in [6.07, 6.45) is 0.343. The maximum absolute atomic E-state index is 9.91.